The third kappa shape index (κ3) is 4.11. The lowest BCUT2D eigenvalue weighted by Gasteiger charge is -2.30. The fraction of sp³-hybridized carbons (Fsp3) is 0.625. The van der Waals surface area contributed by atoms with Crippen LogP contribution in [0.1, 0.15) is 32.3 Å². The minimum atomic E-state index is -3.08. The van der Waals surface area contributed by atoms with E-state index in [9.17, 15) is 4.57 Å². The van der Waals surface area contributed by atoms with Crippen molar-refractivity contribution in [2.45, 2.75) is 39.0 Å². The number of hydrogen-bond acceptors (Lipinski definition) is 5. The van der Waals surface area contributed by atoms with E-state index in [4.69, 9.17) is 13.8 Å². The van der Waals surface area contributed by atoms with Crippen molar-refractivity contribution in [1.29, 1.82) is 0 Å². The van der Waals surface area contributed by atoms with Gasteiger partial charge in [-0.3, -0.25) is 9.46 Å². The molecule has 1 aromatic carbocycles. The van der Waals surface area contributed by atoms with Crippen LogP contribution in [-0.4, -0.2) is 37.6 Å². The molecular weight excluding hydrogens is 301 g/mol. The molecule has 0 radical (unpaired) electrons. The van der Waals surface area contributed by atoms with Crippen LogP contribution >= 0.6 is 7.60 Å². The SMILES string of the molecule is CCOP(=O)(OCC)C1CCCN1Cc1cccc(OC)c1. The van der Waals surface area contributed by atoms with Gasteiger partial charge in [-0.15, -0.1) is 0 Å². The standard InChI is InChI=1S/C16H26NO4P/c1-4-20-22(18,21-5-2)16-10-7-11-17(16)13-14-8-6-9-15(12-14)19-3/h6,8-9,12,16H,4-5,7,10-11,13H2,1-3H3. The van der Waals surface area contributed by atoms with Crippen LogP contribution in [0.25, 0.3) is 0 Å². The number of nitrogens with zero attached hydrogens (tertiary/aromatic N) is 1. The molecule has 0 amide bonds. The zero-order chi connectivity index (χ0) is 16.0. The lowest BCUT2D eigenvalue weighted by Crippen LogP contribution is -2.30. The van der Waals surface area contributed by atoms with Gasteiger partial charge in [0.2, 0.25) is 0 Å². The first-order valence-corrected chi connectivity index (χ1v) is 9.50. The second-order valence-corrected chi connectivity index (χ2v) is 7.51. The van der Waals surface area contributed by atoms with E-state index in [0.717, 1.165) is 37.2 Å². The first kappa shape index (κ1) is 17.5. The quantitative estimate of drug-likeness (QED) is 0.678. The van der Waals surface area contributed by atoms with Crippen LogP contribution in [0.5, 0.6) is 5.75 Å². The predicted octanol–water partition coefficient (Wildman–Crippen LogP) is 3.88. The first-order chi connectivity index (χ1) is 10.6. The van der Waals surface area contributed by atoms with Crippen LogP contribution in [0.2, 0.25) is 0 Å². The third-order valence-corrected chi connectivity index (χ3v) is 6.38. The minimum absolute atomic E-state index is 0.154. The van der Waals surface area contributed by atoms with E-state index in [1.807, 2.05) is 32.0 Å². The van der Waals surface area contributed by atoms with Crippen LogP contribution in [0.4, 0.5) is 0 Å². The molecule has 1 fully saturated rings. The summed E-state index contributed by atoms with van der Waals surface area (Å²) < 4.78 is 29.4. The lowest BCUT2D eigenvalue weighted by atomic mass is 10.2. The summed E-state index contributed by atoms with van der Waals surface area (Å²) in [4.78, 5) is 2.21. The van der Waals surface area contributed by atoms with Crippen LogP contribution in [-0.2, 0) is 20.2 Å². The molecule has 0 N–H and O–H groups in total. The van der Waals surface area contributed by atoms with Gasteiger partial charge in [-0.25, -0.2) is 0 Å². The number of likely N-dealkylation sites (tertiary alicyclic amines) is 1. The minimum Gasteiger partial charge on any atom is -0.497 e. The molecule has 0 aliphatic carbocycles. The molecule has 6 heteroatoms. The molecule has 1 heterocycles. The van der Waals surface area contributed by atoms with Gasteiger partial charge in [-0.2, -0.15) is 0 Å². The summed E-state index contributed by atoms with van der Waals surface area (Å²) in [5.41, 5.74) is 1.14. The maximum absolute atomic E-state index is 13.0. The Balaban J connectivity index is 2.13. The van der Waals surface area contributed by atoms with Gasteiger partial charge >= 0.3 is 7.60 Å². The van der Waals surface area contributed by atoms with Crippen molar-refractivity contribution in [3.63, 3.8) is 0 Å². The van der Waals surface area contributed by atoms with Crippen LogP contribution in [0.15, 0.2) is 24.3 Å². The molecule has 1 aromatic rings. The van der Waals surface area contributed by atoms with E-state index in [2.05, 4.69) is 11.0 Å². The molecule has 2 rings (SSSR count). The van der Waals surface area contributed by atoms with Gasteiger partial charge < -0.3 is 13.8 Å². The highest BCUT2D eigenvalue weighted by Gasteiger charge is 2.42. The van der Waals surface area contributed by atoms with Gasteiger partial charge in [0.25, 0.3) is 0 Å². The average Bonchev–Trinajstić information content (AvgIpc) is 2.97. The molecule has 0 aromatic heterocycles. The van der Waals surface area contributed by atoms with E-state index < -0.39 is 7.60 Å². The smallest absolute Gasteiger partial charge is 0.347 e. The Bertz CT molecular complexity index is 513. The monoisotopic (exact) mass is 327 g/mol. The molecule has 1 aliphatic rings. The van der Waals surface area contributed by atoms with Gasteiger partial charge in [0, 0.05) is 6.54 Å². The topological polar surface area (TPSA) is 48.0 Å². The van der Waals surface area contributed by atoms with E-state index in [-0.39, 0.29) is 5.78 Å². The second-order valence-electron chi connectivity index (χ2n) is 5.32. The van der Waals surface area contributed by atoms with Gasteiger partial charge in [0.15, 0.2) is 0 Å². The highest BCUT2D eigenvalue weighted by atomic mass is 31.2. The van der Waals surface area contributed by atoms with Crippen molar-refractivity contribution in [2.24, 2.45) is 0 Å². The van der Waals surface area contributed by atoms with Crippen LogP contribution < -0.4 is 4.74 Å². The summed E-state index contributed by atoms with van der Waals surface area (Å²) >= 11 is 0. The maximum Gasteiger partial charge on any atom is 0.347 e. The fourth-order valence-corrected chi connectivity index (χ4v) is 5.16. The third-order valence-electron chi connectivity index (χ3n) is 3.83. The van der Waals surface area contributed by atoms with E-state index in [1.165, 1.54) is 0 Å². The number of ether oxygens (including phenoxy) is 1. The van der Waals surface area contributed by atoms with Gasteiger partial charge in [0.05, 0.1) is 20.3 Å². The number of hydrogen-bond donors (Lipinski definition) is 0. The average molecular weight is 327 g/mol. The molecule has 1 unspecified atom stereocenters. The van der Waals surface area contributed by atoms with E-state index in [1.54, 1.807) is 7.11 Å². The molecule has 0 spiro atoms. The zero-order valence-electron chi connectivity index (χ0n) is 13.7. The van der Waals surface area contributed by atoms with Crippen molar-refractivity contribution in [3.8, 4) is 5.75 Å². The summed E-state index contributed by atoms with van der Waals surface area (Å²) in [7, 11) is -1.42. The van der Waals surface area contributed by atoms with Gasteiger partial charge in [-0.1, -0.05) is 12.1 Å². The summed E-state index contributed by atoms with van der Waals surface area (Å²) in [5, 5.41) is 0. The van der Waals surface area contributed by atoms with Crippen molar-refractivity contribution in [3.05, 3.63) is 29.8 Å². The lowest BCUT2D eigenvalue weighted by molar-refractivity contribution is 0.179. The number of rotatable bonds is 8. The molecule has 1 aliphatic heterocycles. The molecule has 22 heavy (non-hydrogen) atoms. The Hall–Kier alpha value is -0.870. The summed E-state index contributed by atoms with van der Waals surface area (Å²) in [5.74, 6) is 0.685. The van der Waals surface area contributed by atoms with E-state index in [0.29, 0.717) is 13.2 Å². The second kappa shape index (κ2) is 8.11. The normalized spacial score (nSPS) is 19.5. The Labute approximate surface area is 133 Å². The fourth-order valence-electron chi connectivity index (χ4n) is 2.93. The maximum atomic E-state index is 13.0. The number of benzene rings is 1. The Morgan fingerprint density at radius 1 is 1.27 bits per heavy atom. The summed E-state index contributed by atoms with van der Waals surface area (Å²) in [6.45, 7) is 6.15. The molecule has 0 saturated carbocycles. The van der Waals surface area contributed by atoms with Gasteiger partial charge in [-0.05, 0) is 50.9 Å². The highest BCUT2D eigenvalue weighted by Crippen LogP contribution is 2.57. The first-order valence-electron chi connectivity index (χ1n) is 7.88. The molecule has 0 bridgehead atoms. The zero-order valence-corrected chi connectivity index (χ0v) is 14.6. The van der Waals surface area contributed by atoms with E-state index >= 15 is 0 Å². The summed E-state index contributed by atoms with van der Waals surface area (Å²) in [6, 6.07) is 7.98. The predicted molar refractivity (Wildman–Crippen MR) is 87.3 cm³/mol. The van der Waals surface area contributed by atoms with Crippen LogP contribution in [0, 0.1) is 0 Å². The number of methoxy groups -OCH3 is 1. The Morgan fingerprint density at radius 3 is 2.64 bits per heavy atom. The molecule has 1 atom stereocenters. The Kier molecular flexibility index (Phi) is 6.45. The molecule has 1 saturated heterocycles. The molecule has 124 valence electrons. The highest BCUT2D eigenvalue weighted by molar-refractivity contribution is 7.54. The van der Waals surface area contributed by atoms with Crippen molar-refractivity contribution in [2.75, 3.05) is 26.9 Å². The van der Waals surface area contributed by atoms with Crippen molar-refractivity contribution in [1.82, 2.24) is 4.90 Å². The van der Waals surface area contributed by atoms with Crippen molar-refractivity contribution < 1.29 is 18.3 Å². The largest absolute Gasteiger partial charge is 0.497 e. The van der Waals surface area contributed by atoms with Gasteiger partial charge in [0.1, 0.15) is 11.5 Å². The van der Waals surface area contributed by atoms with Crippen LogP contribution in [0.3, 0.4) is 0 Å². The van der Waals surface area contributed by atoms with Crippen molar-refractivity contribution >= 4 is 7.60 Å². The molecule has 5 nitrogen and oxygen atoms in total. The Morgan fingerprint density at radius 2 is 2.00 bits per heavy atom. The summed E-state index contributed by atoms with van der Waals surface area (Å²) in [6.07, 6.45) is 1.86. The molecular formula is C16H26NO4P.